The van der Waals surface area contributed by atoms with Gasteiger partial charge in [0.1, 0.15) is 5.60 Å². The average molecular weight is 277 g/mol. The predicted molar refractivity (Wildman–Crippen MR) is 80.7 cm³/mol. The number of benzene rings is 1. The third-order valence-corrected chi connectivity index (χ3v) is 3.34. The number of hydrogen-bond acceptors (Lipinski definition) is 4. The summed E-state index contributed by atoms with van der Waals surface area (Å²) in [7, 11) is 1.85. The molecule has 1 aliphatic rings. The zero-order valence-electron chi connectivity index (χ0n) is 12.6. The molecule has 1 heterocycles. The molecule has 0 atom stereocenters. The van der Waals surface area contributed by atoms with Crippen LogP contribution in [0.4, 0.5) is 16.2 Å². The lowest BCUT2D eigenvalue weighted by molar-refractivity contribution is 0.0224. The van der Waals surface area contributed by atoms with Gasteiger partial charge in [-0.25, -0.2) is 4.79 Å². The molecular weight excluding hydrogens is 254 g/mol. The van der Waals surface area contributed by atoms with Crippen molar-refractivity contribution < 1.29 is 9.53 Å². The summed E-state index contributed by atoms with van der Waals surface area (Å²) >= 11 is 0. The third-order valence-electron chi connectivity index (χ3n) is 3.34. The van der Waals surface area contributed by atoms with Crippen molar-refractivity contribution in [3.05, 3.63) is 23.3 Å². The van der Waals surface area contributed by atoms with Crippen molar-refractivity contribution in [1.82, 2.24) is 4.90 Å². The maximum atomic E-state index is 12.2. The van der Waals surface area contributed by atoms with E-state index in [4.69, 9.17) is 10.5 Å². The van der Waals surface area contributed by atoms with E-state index in [0.29, 0.717) is 18.8 Å². The summed E-state index contributed by atoms with van der Waals surface area (Å²) in [6.07, 6.45) is 0.552. The number of amides is 1. The Labute approximate surface area is 120 Å². The average Bonchev–Trinajstić information content (AvgIpc) is 2.36. The number of anilines is 2. The molecule has 3 N–H and O–H groups in total. The Morgan fingerprint density at radius 3 is 2.70 bits per heavy atom. The van der Waals surface area contributed by atoms with Crippen LogP contribution in [0, 0.1) is 0 Å². The third kappa shape index (κ3) is 2.98. The first-order valence-electron chi connectivity index (χ1n) is 6.87. The highest BCUT2D eigenvalue weighted by atomic mass is 16.6. The second-order valence-electron chi connectivity index (χ2n) is 6.07. The fourth-order valence-corrected chi connectivity index (χ4v) is 2.43. The van der Waals surface area contributed by atoms with Crippen molar-refractivity contribution >= 4 is 17.5 Å². The fraction of sp³-hybridized carbons (Fsp3) is 0.533. The second kappa shape index (κ2) is 5.23. The van der Waals surface area contributed by atoms with Gasteiger partial charge in [0, 0.05) is 19.2 Å². The summed E-state index contributed by atoms with van der Waals surface area (Å²) in [5, 5.41) is 3.13. The van der Waals surface area contributed by atoms with Crippen molar-refractivity contribution in [3.8, 4) is 0 Å². The van der Waals surface area contributed by atoms with E-state index in [2.05, 4.69) is 5.32 Å². The summed E-state index contributed by atoms with van der Waals surface area (Å²) in [6, 6.07) is 3.95. The van der Waals surface area contributed by atoms with E-state index in [1.165, 1.54) is 5.56 Å². The van der Waals surface area contributed by atoms with Gasteiger partial charge >= 0.3 is 6.09 Å². The Balaban J connectivity index is 2.22. The van der Waals surface area contributed by atoms with Crippen LogP contribution in [0.5, 0.6) is 0 Å². The molecule has 0 spiro atoms. The highest BCUT2D eigenvalue weighted by molar-refractivity contribution is 5.74. The van der Waals surface area contributed by atoms with Gasteiger partial charge in [0.2, 0.25) is 0 Å². The predicted octanol–water partition coefficient (Wildman–Crippen LogP) is 2.60. The van der Waals surface area contributed by atoms with Crippen LogP contribution in [0.3, 0.4) is 0 Å². The molecule has 0 fully saturated rings. The zero-order chi connectivity index (χ0) is 14.9. The van der Waals surface area contributed by atoms with Crippen LogP contribution >= 0.6 is 0 Å². The number of nitrogens with zero attached hydrogens (tertiary/aromatic N) is 1. The monoisotopic (exact) mass is 277 g/mol. The number of nitrogens with two attached hydrogens (primary N) is 1. The van der Waals surface area contributed by atoms with Crippen LogP contribution in [0.2, 0.25) is 0 Å². The topological polar surface area (TPSA) is 67.6 Å². The molecule has 0 radical (unpaired) electrons. The lowest BCUT2D eigenvalue weighted by Crippen LogP contribution is -2.40. The molecule has 0 unspecified atom stereocenters. The van der Waals surface area contributed by atoms with Gasteiger partial charge in [-0.3, -0.25) is 0 Å². The van der Waals surface area contributed by atoms with E-state index in [0.717, 1.165) is 17.7 Å². The van der Waals surface area contributed by atoms with E-state index in [9.17, 15) is 4.79 Å². The van der Waals surface area contributed by atoms with Crippen molar-refractivity contribution in [2.24, 2.45) is 0 Å². The maximum Gasteiger partial charge on any atom is 0.410 e. The number of nitrogen functional groups attached to an aromatic ring is 1. The molecule has 1 aromatic carbocycles. The molecule has 0 saturated carbocycles. The Morgan fingerprint density at radius 2 is 2.10 bits per heavy atom. The van der Waals surface area contributed by atoms with Gasteiger partial charge in [0.15, 0.2) is 0 Å². The van der Waals surface area contributed by atoms with Gasteiger partial charge in [0.25, 0.3) is 0 Å². The first-order chi connectivity index (χ1) is 9.31. The molecule has 0 bridgehead atoms. The fourth-order valence-electron chi connectivity index (χ4n) is 2.43. The Hall–Kier alpha value is -1.91. The number of rotatable bonds is 1. The van der Waals surface area contributed by atoms with Gasteiger partial charge < -0.3 is 20.7 Å². The van der Waals surface area contributed by atoms with E-state index in [1.807, 2.05) is 40.0 Å². The minimum atomic E-state index is -0.473. The summed E-state index contributed by atoms with van der Waals surface area (Å²) < 4.78 is 5.43. The largest absolute Gasteiger partial charge is 0.444 e. The summed E-state index contributed by atoms with van der Waals surface area (Å²) in [5.41, 5.74) is 9.45. The Morgan fingerprint density at radius 1 is 1.40 bits per heavy atom. The quantitative estimate of drug-likeness (QED) is 0.774. The highest BCUT2D eigenvalue weighted by Crippen LogP contribution is 2.31. The number of carbonyl (C=O) groups is 1. The van der Waals surface area contributed by atoms with Crippen molar-refractivity contribution in [1.29, 1.82) is 0 Å². The lowest BCUT2D eigenvalue weighted by Gasteiger charge is -2.32. The molecule has 1 aromatic rings. The van der Waals surface area contributed by atoms with E-state index >= 15 is 0 Å². The molecule has 5 nitrogen and oxygen atoms in total. The summed E-state index contributed by atoms with van der Waals surface area (Å²) in [4.78, 5) is 13.9. The van der Waals surface area contributed by atoms with E-state index in [1.54, 1.807) is 4.90 Å². The summed E-state index contributed by atoms with van der Waals surface area (Å²) in [5.74, 6) is 0. The van der Waals surface area contributed by atoms with Crippen LogP contribution in [-0.4, -0.2) is 30.2 Å². The molecule has 5 heteroatoms. The van der Waals surface area contributed by atoms with Gasteiger partial charge in [-0.1, -0.05) is 6.07 Å². The maximum absolute atomic E-state index is 12.2. The molecule has 20 heavy (non-hydrogen) atoms. The van der Waals surface area contributed by atoms with Crippen molar-refractivity contribution in [2.45, 2.75) is 39.3 Å². The van der Waals surface area contributed by atoms with Crippen LogP contribution in [0.25, 0.3) is 0 Å². The van der Waals surface area contributed by atoms with Crippen molar-refractivity contribution in [2.75, 3.05) is 24.6 Å². The molecular formula is C15H23N3O2. The molecule has 1 amide bonds. The Kier molecular flexibility index (Phi) is 3.79. The Bertz CT molecular complexity index is 521. The smallest absolute Gasteiger partial charge is 0.410 e. The van der Waals surface area contributed by atoms with Crippen LogP contribution in [-0.2, 0) is 17.7 Å². The number of fused-ring (bicyclic) bond motifs is 1. The molecule has 0 aromatic heterocycles. The molecule has 0 saturated heterocycles. The number of nitrogens with one attached hydrogen (secondary N) is 1. The highest BCUT2D eigenvalue weighted by Gasteiger charge is 2.27. The van der Waals surface area contributed by atoms with E-state index < -0.39 is 5.60 Å². The standard InChI is InChI=1S/C15H23N3O2/c1-15(2,3)20-14(19)18-8-7-10-5-6-12(16)13(17-4)11(10)9-18/h5-6,17H,7-9,16H2,1-4H3. The zero-order valence-corrected chi connectivity index (χ0v) is 12.6. The molecule has 110 valence electrons. The number of ether oxygens (including phenoxy) is 1. The van der Waals surface area contributed by atoms with Crippen LogP contribution in [0.15, 0.2) is 12.1 Å². The molecule has 1 aliphatic heterocycles. The molecule has 2 rings (SSSR count). The minimum absolute atomic E-state index is 0.271. The van der Waals surface area contributed by atoms with Crippen LogP contribution < -0.4 is 11.1 Å². The SMILES string of the molecule is CNc1c(N)ccc2c1CN(C(=O)OC(C)(C)C)CC2. The van der Waals surface area contributed by atoms with Gasteiger partial charge in [-0.15, -0.1) is 0 Å². The van der Waals surface area contributed by atoms with Gasteiger partial charge in [-0.2, -0.15) is 0 Å². The number of hydrogen-bond donors (Lipinski definition) is 2. The first kappa shape index (κ1) is 14.5. The van der Waals surface area contributed by atoms with Crippen LogP contribution in [0.1, 0.15) is 31.9 Å². The van der Waals surface area contributed by atoms with Crippen molar-refractivity contribution in [3.63, 3.8) is 0 Å². The second-order valence-corrected chi connectivity index (χ2v) is 6.07. The lowest BCUT2D eigenvalue weighted by atomic mass is 9.97. The van der Waals surface area contributed by atoms with Gasteiger partial charge in [-0.05, 0) is 38.8 Å². The minimum Gasteiger partial charge on any atom is -0.444 e. The summed E-state index contributed by atoms with van der Waals surface area (Å²) in [6.45, 7) is 6.83. The van der Waals surface area contributed by atoms with Gasteiger partial charge in [0.05, 0.1) is 17.9 Å². The number of carbonyl (C=O) groups excluding carboxylic acids is 1. The molecule has 0 aliphatic carbocycles. The van der Waals surface area contributed by atoms with E-state index in [-0.39, 0.29) is 6.09 Å². The normalized spacial score (nSPS) is 14.7. The first-order valence-corrected chi connectivity index (χ1v) is 6.87.